The highest BCUT2D eigenvalue weighted by atomic mass is 32.2. The summed E-state index contributed by atoms with van der Waals surface area (Å²) >= 11 is 5.96. The van der Waals surface area contributed by atoms with E-state index in [0.717, 1.165) is 16.7 Å². The van der Waals surface area contributed by atoms with Crippen LogP contribution < -0.4 is 0 Å². The molecule has 1 amide bonds. The van der Waals surface area contributed by atoms with Gasteiger partial charge in [-0.05, 0) is 23.8 Å². The van der Waals surface area contributed by atoms with Gasteiger partial charge >= 0.3 is 11.9 Å². The zero-order chi connectivity index (χ0) is 16.3. The van der Waals surface area contributed by atoms with E-state index in [1.165, 1.54) is 0 Å². The molecule has 1 atom stereocenters. The van der Waals surface area contributed by atoms with Crippen LogP contribution in [0.5, 0.6) is 0 Å². The first-order valence-electron chi connectivity index (χ1n) is 6.02. The van der Waals surface area contributed by atoms with Crippen molar-refractivity contribution in [3.8, 4) is 0 Å². The fourth-order valence-electron chi connectivity index (χ4n) is 1.81. The van der Waals surface area contributed by atoms with Gasteiger partial charge in [-0.25, -0.2) is 4.79 Å². The van der Waals surface area contributed by atoms with E-state index >= 15 is 0 Å². The van der Waals surface area contributed by atoms with E-state index < -0.39 is 30.3 Å². The van der Waals surface area contributed by atoms with E-state index in [1.54, 1.807) is 30.6 Å². The second kappa shape index (κ2) is 6.67. The summed E-state index contributed by atoms with van der Waals surface area (Å²) in [7, 11) is 0. The van der Waals surface area contributed by atoms with Gasteiger partial charge in [0.25, 0.3) is 5.91 Å². The van der Waals surface area contributed by atoms with Gasteiger partial charge in [-0.2, -0.15) is 0 Å². The van der Waals surface area contributed by atoms with Crippen LogP contribution in [0.2, 0.25) is 0 Å². The summed E-state index contributed by atoms with van der Waals surface area (Å²) in [5.74, 6) is -3.34. The molecular weight excluding hydrogens is 328 g/mol. The van der Waals surface area contributed by atoms with Crippen LogP contribution in [0.4, 0.5) is 0 Å². The Labute approximate surface area is 134 Å². The summed E-state index contributed by atoms with van der Waals surface area (Å²) < 4.78 is 0.0268. The number of nitrogens with zero attached hydrogens (tertiary/aromatic N) is 2. The molecule has 9 heteroatoms. The Morgan fingerprint density at radius 3 is 2.55 bits per heavy atom. The molecule has 1 aliphatic rings. The molecule has 0 spiro atoms. The van der Waals surface area contributed by atoms with Crippen molar-refractivity contribution in [2.45, 2.75) is 12.5 Å². The average Bonchev–Trinajstić information content (AvgIpc) is 2.72. The van der Waals surface area contributed by atoms with E-state index in [1.807, 2.05) is 0 Å². The van der Waals surface area contributed by atoms with E-state index in [0.29, 0.717) is 5.56 Å². The first-order valence-corrected chi connectivity index (χ1v) is 7.24. The summed E-state index contributed by atoms with van der Waals surface area (Å²) in [5, 5.41) is 17.9. The number of carbonyl (C=O) groups excluding carboxylic acids is 1. The number of pyridine rings is 1. The summed E-state index contributed by atoms with van der Waals surface area (Å²) in [4.78, 5) is 39.3. The predicted molar refractivity (Wildman–Crippen MR) is 82.9 cm³/mol. The van der Waals surface area contributed by atoms with Crippen molar-refractivity contribution in [1.82, 2.24) is 9.88 Å². The number of hydrogen-bond donors (Lipinski definition) is 2. The number of carboxylic acids is 2. The molecule has 114 valence electrons. The number of thioether (sulfide) groups is 1. The summed E-state index contributed by atoms with van der Waals surface area (Å²) in [6.07, 6.45) is 3.94. The van der Waals surface area contributed by atoms with Crippen LogP contribution in [-0.2, 0) is 14.4 Å². The number of amides is 1. The standard InChI is InChI=1S/C13H10N2O5S2/c16-10(17)6-8(12(19)20)15-11(18)9(22-13(15)21)5-7-1-3-14-4-2-7/h1-5,8H,6H2,(H,16,17)(H,19,20)/b9-5+. The van der Waals surface area contributed by atoms with Crippen LogP contribution in [0.3, 0.4) is 0 Å². The lowest BCUT2D eigenvalue weighted by Gasteiger charge is -2.21. The number of rotatable bonds is 5. The average molecular weight is 338 g/mol. The molecule has 0 saturated carbocycles. The molecule has 0 aliphatic carbocycles. The number of thiocarbonyl (C=S) groups is 1. The molecule has 0 aromatic carbocycles. The maximum absolute atomic E-state index is 12.3. The maximum Gasteiger partial charge on any atom is 0.327 e. The Bertz CT molecular complexity index is 674. The molecule has 1 saturated heterocycles. The highest BCUT2D eigenvalue weighted by Crippen LogP contribution is 2.34. The Hall–Kier alpha value is -2.26. The van der Waals surface area contributed by atoms with Crippen LogP contribution in [0, 0.1) is 0 Å². The minimum atomic E-state index is -1.52. The van der Waals surface area contributed by atoms with E-state index in [2.05, 4.69) is 4.98 Å². The molecule has 1 aromatic heterocycles. The van der Waals surface area contributed by atoms with Crippen molar-refractivity contribution >= 4 is 52.2 Å². The highest BCUT2D eigenvalue weighted by molar-refractivity contribution is 8.26. The normalized spacial score (nSPS) is 17.8. The van der Waals surface area contributed by atoms with Crippen LogP contribution in [0.25, 0.3) is 6.08 Å². The summed E-state index contributed by atoms with van der Waals surface area (Å²) in [5.41, 5.74) is 0.709. The molecule has 22 heavy (non-hydrogen) atoms. The molecule has 2 heterocycles. The van der Waals surface area contributed by atoms with Gasteiger partial charge in [0.15, 0.2) is 0 Å². The summed E-state index contributed by atoms with van der Waals surface area (Å²) in [6, 6.07) is 1.84. The summed E-state index contributed by atoms with van der Waals surface area (Å²) in [6.45, 7) is 0. The van der Waals surface area contributed by atoms with Crippen molar-refractivity contribution < 1.29 is 24.6 Å². The lowest BCUT2D eigenvalue weighted by atomic mass is 10.1. The van der Waals surface area contributed by atoms with Crippen molar-refractivity contribution in [1.29, 1.82) is 0 Å². The van der Waals surface area contributed by atoms with Crippen molar-refractivity contribution in [3.05, 3.63) is 35.0 Å². The molecule has 1 fully saturated rings. The Kier molecular flexibility index (Phi) is 4.88. The second-order valence-electron chi connectivity index (χ2n) is 4.28. The number of aromatic nitrogens is 1. The van der Waals surface area contributed by atoms with E-state index in [4.69, 9.17) is 22.4 Å². The van der Waals surface area contributed by atoms with Gasteiger partial charge in [0.1, 0.15) is 10.4 Å². The highest BCUT2D eigenvalue weighted by Gasteiger charge is 2.41. The van der Waals surface area contributed by atoms with Gasteiger partial charge in [0.2, 0.25) is 0 Å². The maximum atomic E-state index is 12.3. The van der Waals surface area contributed by atoms with Gasteiger partial charge in [0, 0.05) is 12.4 Å². The molecular formula is C13H10N2O5S2. The monoisotopic (exact) mass is 338 g/mol. The third-order valence-corrected chi connectivity index (χ3v) is 4.12. The molecule has 2 rings (SSSR count). The first kappa shape index (κ1) is 16.1. The topological polar surface area (TPSA) is 108 Å². The van der Waals surface area contributed by atoms with Gasteiger partial charge < -0.3 is 10.2 Å². The lowest BCUT2D eigenvalue weighted by Crippen LogP contribution is -2.45. The minimum absolute atomic E-state index is 0.0268. The van der Waals surface area contributed by atoms with E-state index in [9.17, 15) is 14.4 Å². The smallest absolute Gasteiger partial charge is 0.327 e. The van der Waals surface area contributed by atoms with Crippen molar-refractivity contribution in [3.63, 3.8) is 0 Å². The fourth-order valence-corrected chi connectivity index (χ4v) is 3.17. The quantitative estimate of drug-likeness (QED) is 0.609. The van der Waals surface area contributed by atoms with Gasteiger partial charge in [0.05, 0.1) is 11.3 Å². The molecule has 1 aromatic rings. The zero-order valence-electron chi connectivity index (χ0n) is 11.0. The number of carboxylic acid groups (broad SMARTS) is 2. The molecule has 0 bridgehead atoms. The lowest BCUT2D eigenvalue weighted by molar-refractivity contribution is -0.150. The van der Waals surface area contributed by atoms with Crippen LogP contribution in [-0.4, -0.2) is 48.3 Å². The third-order valence-electron chi connectivity index (χ3n) is 2.79. The molecule has 1 unspecified atom stereocenters. The van der Waals surface area contributed by atoms with Gasteiger partial charge in [-0.1, -0.05) is 24.0 Å². The Morgan fingerprint density at radius 1 is 1.36 bits per heavy atom. The number of carbonyl (C=O) groups is 3. The number of aliphatic carboxylic acids is 2. The number of hydrogen-bond acceptors (Lipinski definition) is 6. The van der Waals surface area contributed by atoms with E-state index in [-0.39, 0.29) is 9.23 Å². The van der Waals surface area contributed by atoms with Gasteiger partial charge in [-0.15, -0.1) is 0 Å². The molecule has 0 radical (unpaired) electrons. The Morgan fingerprint density at radius 2 is 2.00 bits per heavy atom. The van der Waals surface area contributed by atoms with Crippen molar-refractivity contribution in [2.24, 2.45) is 0 Å². The molecule has 1 aliphatic heterocycles. The molecule has 2 N–H and O–H groups in total. The van der Waals surface area contributed by atoms with Crippen LogP contribution in [0.1, 0.15) is 12.0 Å². The van der Waals surface area contributed by atoms with Crippen LogP contribution >= 0.6 is 24.0 Å². The Balaban J connectivity index is 2.30. The first-order chi connectivity index (χ1) is 10.4. The zero-order valence-corrected chi connectivity index (χ0v) is 12.6. The minimum Gasteiger partial charge on any atom is -0.481 e. The predicted octanol–water partition coefficient (Wildman–Crippen LogP) is 1.21. The van der Waals surface area contributed by atoms with Crippen molar-refractivity contribution in [2.75, 3.05) is 0 Å². The van der Waals surface area contributed by atoms with Gasteiger partial charge in [-0.3, -0.25) is 19.5 Å². The fraction of sp³-hybridized carbons (Fsp3) is 0.154. The van der Waals surface area contributed by atoms with Crippen LogP contribution in [0.15, 0.2) is 29.4 Å². The largest absolute Gasteiger partial charge is 0.481 e. The molecule has 7 nitrogen and oxygen atoms in total. The second-order valence-corrected chi connectivity index (χ2v) is 5.96. The third kappa shape index (κ3) is 3.49. The SMILES string of the molecule is O=C(O)CC(C(=O)O)N1C(=O)/C(=C\c2ccncc2)SC1=S.